The molecule has 1 amide bonds. The van der Waals surface area contributed by atoms with Crippen molar-refractivity contribution >= 4 is 11.9 Å². The van der Waals surface area contributed by atoms with Crippen LogP contribution < -0.4 is 0 Å². The molecule has 7 nitrogen and oxygen atoms in total. The Morgan fingerprint density at radius 3 is 2.85 bits per heavy atom. The number of rotatable bonds is 5. The van der Waals surface area contributed by atoms with Gasteiger partial charge in [-0.05, 0) is 31.5 Å². The first kappa shape index (κ1) is 18.0. The van der Waals surface area contributed by atoms with Crippen LogP contribution in [0.2, 0.25) is 0 Å². The van der Waals surface area contributed by atoms with E-state index in [0.717, 1.165) is 17.7 Å². The molecule has 1 fully saturated rings. The average Bonchev–Trinajstić information content (AvgIpc) is 3.12. The number of methoxy groups -OCH3 is 1. The summed E-state index contributed by atoms with van der Waals surface area (Å²) in [5.41, 5.74) is 2.53. The van der Waals surface area contributed by atoms with Crippen molar-refractivity contribution in [1.82, 2.24) is 14.9 Å². The van der Waals surface area contributed by atoms with Gasteiger partial charge in [0.05, 0.1) is 11.3 Å². The number of carboxylic acid groups (broad SMARTS) is 1. The number of aryl methyl sites for hydroxylation is 1. The SMILES string of the molecule is COCC(=O)N1CC[C@@H](c2cc(-c3cccc(C(=O)O)c3)nc(C)n2)C1. The second-order valence-corrected chi connectivity index (χ2v) is 6.37. The van der Waals surface area contributed by atoms with Gasteiger partial charge >= 0.3 is 5.97 Å². The maximum absolute atomic E-state index is 12.0. The number of ether oxygens (including phenoxy) is 1. The second-order valence-electron chi connectivity index (χ2n) is 6.37. The number of carbonyl (C=O) groups excluding carboxylic acids is 1. The molecule has 0 saturated carbocycles. The first-order chi connectivity index (χ1) is 12.5. The van der Waals surface area contributed by atoms with E-state index in [2.05, 4.69) is 9.97 Å². The van der Waals surface area contributed by atoms with Gasteiger partial charge in [-0.2, -0.15) is 0 Å². The van der Waals surface area contributed by atoms with Gasteiger partial charge in [-0.15, -0.1) is 0 Å². The summed E-state index contributed by atoms with van der Waals surface area (Å²) in [6.45, 7) is 3.19. The van der Waals surface area contributed by atoms with Gasteiger partial charge in [0.1, 0.15) is 12.4 Å². The van der Waals surface area contributed by atoms with E-state index in [-0.39, 0.29) is 24.0 Å². The lowest BCUT2D eigenvalue weighted by atomic mass is 10.0. The predicted molar refractivity (Wildman–Crippen MR) is 95.0 cm³/mol. The van der Waals surface area contributed by atoms with Crippen LogP contribution in [-0.2, 0) is 9.53 Å². The fourth-order valence-corrected chi connectivity index (χ4v) is 3.20. The Morgan fingerprint density at radius 2 is 2.12 bits per heavy atom. The summed E-state index contributed by atoms with van der Waals surface area (Å²) >= 11 is 0. The molecule has 0 aliphatic carbocycles. The van der Waals surface area contributed by atoms with E-state index in [0.29, 0.717) is 24.6 Å². The molecule has 1 aliphatic heterocycles. The number of hydrogen-bond donors (Lipinski definition) is 1. The molecule has 0 unspecified atom stereocenters. The second kappa shape index (κ2) is 7.61. The van der Waals surface area contributed by atoms with Crippen molar-refractivity contribution in [3.8, 4) is 11.3 Å². The zero-order chi connectivity index (χ0) is 18.7. The third kappa shape index (κ3) is 3.88. The minimum Gasteiger partial charge on any atom is -0.478 e. The van der Waals surface area contributed by atoms with Crippen molar-refractivity contribution in [2.45, 2.75) is 19.3 Å². The topological polar surface area (TPSA) is 92.6 Å². The first-order valence-corrected chi connectivity index (χ1v) is 8.44. The molecular weight excluding hydrogens is 334 g/mol. The van der Waals surface area contributed by atoms with E-state index in [4.69, 9.17) is 4.74 Å². The van der Waals surface area contributed by atoms with Crippen LogP contribution in [0.3, 0.4) is 0 Å². The summed E-state index contributed by atoms with van der Waals surface area (Å²) in [7, 11) is 1.51. The summed E-state index contributed by atoms with van der Waals surface area (Å²) in [6.07, 6.45) is 0.834. The lowest BCUT2D eigenvalue weighted by Gasteiger charge is -2.16. The smallest absolute Gasteiger partial charge is 0.335 e. The van der Waals surface area contributed by atoms with Crippen LogP contribution in [0.25, 0.3) is 11.3 Å². The molecule has 2 heterocycles. The number of benzene rings is 1. The molecule has 0 radical (unpaired) electrons. The van der Waals surface area contributed by atoms with Gasteiger partial charge in [-0.3, -0.25) is 4.79 Å². The maximum Gasteiger partial charge on any atom is 0.335 e. The quantitative estimate of drug-likeness (QED) is 0.883. The fourth-order valence-electron chi connectivity index (χ4n) is 3.20. The number of aromatic nitrogens is 2. The monoisotopic (exact) mass is 355 g/mol. The average molecular weight is 355 g/mol. The fraction of sp³-hybridized carbons (Fsp3) is 0.368. The standard InChI is InChI=1S/C19H21N3O4/c1-12-20-16(13-4-3-5-14(8-13)19(24)25)9-17(21-12)15-6-7-22(10-15)18(23)11-26-2/h3-5,8-9,15H,6-7,10-11H2,1-2H3,(H,24,25)/t15-/m1/s1. The molecule has 0 bridgehead atoms. The van der Waals surface area contributed by atoms with Gasteiger partial charge in [0, 0.05) is 37.4 Å². The highest BCUT2D eigenvalue weighted by atomic mass is 16.5. The molecule has 1 aliphatic rings. The zero-order valence-electron chi connectivity index (χ0n) is 14.8. The van der Waals surface area contributed by atoms with Crippen LogP contribution in [0.4, 0.5) is 0 Å². The van der Waals surface area contributed by atoms with Gasteiger partial charge in [0.25, 0.3) is 0 Å². The van der Waals surface area contributed by atoms with Crippen molar-refractivity contribution in [2.24, 2.45) is 0 Å². The van der Waals surface area contributed by atoms with E-state index in [1.54, 1.807) is 23.1 Å². The molecule has 1 aromatic carbocycles. The highest BCUT2D eigenvalue weighted by Gasteiger charge is 2.28. The van der Waals surface area contributed by atoms with Gasteiger partial charge in [0.15, 0.2) is 0 Å². The lowest BCUT2D eigenvalue weighted by molar-refractivity contribution is -0.134. The van der Waals surface area contributed by atoms with Crippen molar-refractivity contribution in [2.75, 3.05) is 26.8 Å². The number of carbonyl (C=O) groups is 2. The van der Waals surface area contributed by atoms with Crippen molar-refractivity contribution in [3.05, 3.63) is 47.4 Å². The minimum atomic E-state index is -0.971. The highest BCUT2D eigenvalue weighted by Crippen LogP contribution is 2.29. The molecule has 1 N–H and O–H groups in total. The van der Waals surface area contributed by atoms with E-state index in [9.17, 15) is 14.7 Å². The summed E-state index contributed by atoms with van der Waals surface area (Å²) in [5, 5.41) is 9.18. The third-order valence-electron chi connectivity index (χ3n) is 4.49. The minimum absolute atomic E-state index is 0.0184. The molecule has 26 heavy (non-hydrogen) atoms. The summed E-state index contributed by atoms with van der Waals surface area (Å²) in [5.74, 6) is -0.227. The van der Waals surface area contributed by atoms with Crippen LogP contribution >= 0.6 is 0 Å². The number of likely N-dealkylation sites (tertiary alicyclic amines) is 1. The Bertz CT molecular complexity index is 837. The third-order valence-corrected chi connectivity index (χ3v) is 4.49. The van der Waals surface area contributed by atoms with Crippen LogP contribution in [-0.4, -0.2) is 58.7 Å². The van der Waals surface area contributed by atoms with E-state index in [1.165, 1.54) is 7.11 Å². The zero-order valence-corrected chi connectivity index (χ0v) is 14.8. The van der Waals surface area contributed by atoms with Crippen molar-refractivity contribution < 1.29 is 19.4 Å². The summed E-state index contributed by atoms with van der Waals surface area (Å²) < 4.78 is 4.92. The largest absolute Gasteiger partial charge is 0.478 e. The van der Waals surface area contributed by atoms with Crippen molar-refractivity contribution in [3.63, 3.8) is 0 Å². The highest BCUT2D eigenvalue weighted by molar-refractivity contribution is 5.89. The van der Waals surface area contributed by atoms with Gasteiger partial charge in [-0.1, -0.05) is 12.1 Å². The molecule has 2 aromatic rings. The number of carboxylic acids is 1. The summed E-state index contributed by atoms with van der Waals surface area (Å²) in [4.78, 5) is 34.0. The maximum atomic E-state index is 12.0. The van der Waals surface area contributed by atoms with Crippen LogP contribution in [0, 0.1) is 6.92 Å². The Morgan fingerprint density at radius 1 is 1.31 bits per heavy atom. The lowest BCUT2D eigenvalue weighted by Crippen LogP contribution is -2.31. The van der Waals surface area contributed by atoms with Crippen LogP contribution in [0.1, 0.15) is 34.2 Å². The normalized spacial score (nSPS) is 16.7. The number of hydrogen-bond acceptors (Lipinski definition) is 5. The Kier molecular flexibility index (Phi) is 5.27. The molecule has 3 rings (SSSR count). The van der Waals surface area contributed by atoms with Gasteiger partial charge in [-0.25, -0.2) is 14.8 Å². The van der Waals surface area contributed by atoms with E-state index in [1.807, 2.05) is 19.1 Å². The number of amides is 1. The molecular formula is C19H21N3O4. The first-order valence-electron chi connectivity index (χ1n) is 8.44. The van der Waals surface area contributed by atoms with Crippen molar-refractivity contribution in [1.29, 1.82) is 0 Å². The number of aromatic carboxylic acids is 1. The van der Waals surface area contributed by atoms with E-state index >= 15 is 0 Å². The summed E-state index contributed by atoms with van der Waals surface area (Å²) in [6, 6.07) is 8.59. The molecule has 136 valence electrons. The van der Waals surface area contributed by atoms with Crippen LogP contribution in [0.15, 0.2) is 30.3 Å². The molecule has 0 spiro atoms. The molecule has 7 heteroatoms. The molecule has 1 aromatic heterocycles. The Balaban J connectivity index is 1.86. The Hall–Kier alpha value is -2.80. The van der Waals surface area contributed by atoms with Gasteiger partial charge < -0.3 is 14.7 Å². The van der Waals surface area contributed by atoms with Crippen LogP contribution in [0.5, 0.6) is 0 Å². The number of nitrogens with zero attached hydrogens (tertiary/aromatic N) is 3. The predicted octanol–water partition coefficient (Wildman–Crippen LogP) is 2.11. The Labute approximate surface area is 151 Å². The van der Waals surface area contributed by atoms with E-state index < -0.39 is 5.97 Å². The van der Waals surface area contributed by atoms with Gasteiger partial charge in [0.2, 0.25) is 5.91 Å². The molecule has 1 atom stereocenters. The molecule has 1 saturated heterocycles.